The van der Waals surface area contributed by atoms with Crippen LogP contribution >= 0.6 is 0 Å². The van der Waals surface area contributed by atoms with Gasteiger partial charge in [-0.25, -0.2) is 13.8 Å². The van der Waals surface area contributed by atoms with Crippen molar-refractivity contribution in [3.05, 3.63) is 83.3 Å². The highest BCUT2D eigenvalue weighted by molar-refractivity contribution is 5.66. The van der Waals surface area contributed by atoms with Gasteiger partial charge in [0.05, 0.1) is 48.1 Å². The number of nitrogens with one attached hydrogen (secondary N) is 1. The highest BCUT2D eigenvalue weighted by atomic mass is 19.1. The van der Waals surface area contributed by atoms with Crippen LogP contribution < -0.4 is 11.1 Å². The molecule has 2 aliphatic rings. The summed E-state index contributed by atoms with van der Waals surface area (Å²) in [6.07, 6.45) is 8.92. The summed E-state index contributed by atoms with van der Waals surface area (Å²) in [4.78, 5) is 8.72. The van der Waals surface area contributed by atoms with Gasteiger partial charge < -0.3 is 20.9 Å². The lowest BCUT2D eigenvalue weighted by atomic mass is 9.82. The van der Waals surface area contributed by atoms with Crippen molar-refractivity contribution >= 4 is 17.2 Å². The fraction of sp³-hybridized carbons (Fsp3) is 0.296. The number of benzene rings is 1. The van der Waals surface area contributed by atoms with Crippen molar-refractivity contribution in [1.29, 1.82) is 0 Å². The first kappa shape index (κ1) is 23.7. The zero-order valence-corrected chi connectivity index (χ0v) is 20.2. The van der Waals surface area contributed by atoms with Crippen LogP contribution in [0.3, 0.4) is 0 Å². The third-order valence-electron chi connectivity index (χ3n) is 7.07. The summed E-state index contributed by atoms with van der Waals surface area (Å²) in [5.74, 6) is -1.03. The molecule has 0 bridgehead atoms. The fourth-order valence-corrected chi connectivity index (χ4v) is 5.18. The summed E-state index contributed by atoms with van der Waals surface area (Å²) in [7, 11) is 0. The quantitative estimate of drug-likeness (QED) is 0.350. The Morgan fingerprint density at radius 2 is 1.95 bits per heavy atom. The minimum absolute atomic E-state index is 0.00151. The Bertz CT molecular complexity index is 1510. The Morgan fingerprint density at radius 3 is 2.65 bits per heavy atom. The maximum Gasteiger partial charge on any atom is 0.229 e. The molecule has 37 heavy (non-hydrogen) atoms. The molecule has 0 unspecified atom stereocenters. The molecular formula is C27H26F2N6O2. The van der Waals surface area contributed by atoms with Crippen LogP contribution in [-0.2, 0) is 10.3 Å². The van der Waals surface area contributed by atoms with E-state index in [-0.39, 0.29) is 42.0 Å². The van der Waals surface area contributed by atoms with E-state index in [0.29, 0.717) is 11.5 Å². The Labute approximate surface area is 211 Å². The van der Waals surface area contributed by atoms with E-state index in [1.165, 1.54) is 16.2 Å². The van der Waals surface area contributed by atoms with Crippen LogP contribution in [0.5, 0.6) is 0 Å². The second-order valence-corrected chi connectivity index (χ2v) is 9.88. The highest BCUT2D eigenvalue weighted by Crippen LogP contribution is 2.37. The summed E-state index contributed by atoms with van der Waals surface area (Å²) in [6, 6.07) is 7.46. The molecule has 1 aromatic carbocycles. The Hall–Kier alpha value is -3.73. The average molecular weight is 505 g/mol. The number of aromatic nitrogens is 4. The molecule has 1 aliphatic carbocycles. The topological polar surface area (TPSA) is 111 Å². The fourth-order valence-electron chi connectivity index (χ4n) is 5.18. The summed E-state index contributed by atoms with van der Waals surface area (Å²) in [5, 5.41) is 18.2. The van der Waals surface area contributed by atoms with Gasteiger partial charge in [-0.05, 0) is 67.1 Å². The standard InChI is InChI=1S/C27H26F2N6O2/c1-15-6-16(8-18(30)7-15)20-4-5-31-12-24(20)33-26-32-11-19-2-3-23(34-35(19)26)25-21(28)9-17(10-22(25)29)27(36)13-37-14-27/h2-5,7,9-12,16,18,36H,6,8,13-14,30H2,1H3,(H,32,33)/t16-,18+/m1/s1. The lowest BCUT2D eigenvalue weighted by Crippen LogP contribution is -2.46. The summed E-state index contributed by atoms with van der Waals surface area (Å²) in [6.45, 7) is 2.08. The van der Waals surface area contributed by atoms with E-state index in [1.54, 1.807) is 24.7 Å². The molecule has 3 aromatic heterocycles. The highest BCUT2D eigenvalue weighted by Gasteiger charge is 2.39. The third kappa shape index (κ3) is 4.26. The molecular weight excluding hydrogens is 478 g/mol. The number of anilines is 2. The van der Waals surface area contributed by atoms with Crippen LogP contribution in [-0.4, -0.2) is 43.9 Å². The van der Waals surface area contributed by atoms with Crippen LogP contribution in [0.2, 0.25) is 0 Å². The summed E-state index contributed by atoms with van der Waals surface area (Å²) >= 11 is 0. The predicted molar refractivity (Wildman–Crippen MR) is 134 cm³/mol. The molecule has 2 atom stereocenters. The Kier molecular flexibility index (Phi) is 5.74. The molecule has 0 radical (unpaired) electrons. The van der Waals surface area contributed by atoms with Crippen LogP contribution in [0.4, 0.5) is 20.4 Å². The molecule has 0 amide bonds. The van der Waals surface area contributed by atoms with Crippen molar-refractivity contribution in [3.63, 3.8) is 0 Å². The molecule has 1 aliphatic heterocycles. The van der Waals surface area contributed by atoms with Gasteiger partial charge in [-0.2, -0.15) is 9.61 Å². The number of allylic oxidation sites excluding steroid dienone is 1. The molecule has 0 spiro atoms. The number of pyridine rings is 1. The van der Waals surface area contributed by atoms with E-state index >= 15 is 8.78 Å². The minimum Gasteiger partial charge on any atom is -0.380 e. The zero-order chi connectivity index (χ0) is 25.7. The number of hydrogen-bond donors (Lipinski definition) is 3. The normalized spacial score (nSPS) is 20.9. The van der Waals surface area contributed by atoms with E-state index in [9.17, 15) is 5.11 Å². The lowest BCUT2D eigenvalue weighted by molar-refractivity contribution is -0.184. The molecule has 4 heterocycles. The maximum absolute atomic E-state index is 15.1. The number of nitrogens with two attached hydrogens (primary N) is 1. The monoisotopic (exact) mass is 504 g/mol. The first-order chi connectivity index (χ1) is 17.8. The van der Waals surface area contributed by atoms with Crippen LogP contribution in [0.1, 0.15) is 36.8 Å². The summed E-state index contributed by atoms with van der Waals surface area (Å²) < 4.78 is 36.7. The maximum atomic E-state index is 15.1. The van der Waals surface area contributed by atoms with Gasteiger partial charge in [0, 0.05) is 12.2 Å². The van der Waals surface area contributed by atoms with E-state index in [0.717, 1.165) is 36.2 Å². The number of halogens is 2. The van der Waals surface area contributed by atoms with Gasteiger partial charge in [0.25, 0.3) is 0 Å². The number of ether oxygens (including phenoxy) is 1. The predicted octanol–water partition coefficient (Wildman–Crippen LogP) is 4.18. The van der Waals surface area contributed by atoms with Crippen molar-refractivity contribution in [2.24, 2.45) is 5.73 Å². The number of nitrogens with zero attached hydrogens (tertiary/aromatic N) is 4. The van der Waals surface area contributed by atoms with E-state index in [2.05, 4.69) is 33.4 Å². The van der Waals surface area contributed by atoms with E-state index in [1.807, 2.05) is 6.07 Å². The Morgan fingerprint density at radius 1 is 1.16 bits per heavy atom. The number of fused-ring (bicyclic) bond motifs is 1. The van der Waals surface area contributed by atoms with Gasteiger partial charge in [0.2, 0.25) is 5.95 Å². The van der Waals surface area contributed by atoms with Gasteiger partial charge in [0.15, 0.2) is 0 Å². The van der Waals surface area contributed by atoms with E-state index < -0.39 is 17.2 Å². The second kappa shape index (κ2) is 8.98. The molecule has 190 valence electrons. The third-order valence-corrected chi connectivity index (χ3v) is 7.07. The van der Waals surface area contributed by atoms with Crippen molar-refractivity contribution < 1.29 is 18.6 Å². The molecule has 0 saturated carbocycles. The summed E-state index contributed by atoms with van der Waals surface area (Å²) in [5.41, 5.74) is 8.54. The molecule has 1 fully saturated rings. The average Bonchev–Trinajstić information content (AvgIpc) is 3.24. The van der Waals surface area contributed by atoms with Gasteiger partial charge in [-0.1, -0.05) is 11.6 Å². The molecule has 4 aromatic rings. The number of rotatable bonds is 5. The van der Waals surface area contributed by atoms with Crippen molar-refractivity contribution in [2.45, 2.75) is 37.3 Å². The van der Waals surface area contributed by atoms with Gasteiger partial charge >= 0.3 is 0 Å². The second-order valence-electron chi connectivity index (χ2n) is 9.88. The molecule has 10 heteroatoms. The number of hydrogen-bond acceptors (Lipinski definition) is 7. The smallest absolute Gasteiger partial charge is 0.229 e. The lowest BCUT2D eigenvalue weighted by Gasteiger charge is -2.36. The van der Waals surface area contributed by atoms with Gasteiger partial charge in [-0.15, -0.1) is 0 Å². The molecule has 4 N–H and O–H groups in total. The van der Waals surface area contributed by atoms with Crippen LogP contribution in [0.25, 0.3) is 16.8 Å². The number of aliphatic hydroxyl groups is 1. The van der Waals surface area contributed by atoms with Crippen molar-refractivity contribution in [2.75, 3.05) is 18.5 Å². The first-order valence-electron chi connectivity index (χ1n) is 12.1. The minimum atomic E-state index is -1.38. The molecule has 1 saturated heterocycles. The zero-order valence-electron chi connectivity index (χ0n) is 20.2. The van der Waals surface area contributed by atoms with Crippen LogP contribution in [0.15, 0.2) is 60.6 Å². The van der Waals surface area contributed by atoms with Gasteiger partial charge in [-0.3, -0.25) is 4.98 Å². The SMILES string of the molecule is CC1=C[C@H](N)C[C@H](c2ccncc2Nc2ncc3ccc(-c4c(F)cc(C5(O)COC5)cc4F)nn23)C1. The molecule has 6 rings (SSSR count). The van der Waals surface area contributed by atoms with Gasteiger partial charge in [0.1, 0.15) is 17.2 Å². The Balaban J connectivity index is 1.35. The van der Waals surface area contributed by atoms with Crippen LogP contribution in [0, 0.1) is 11.6 Å². The molecule has 8 nitrogen and oxygen atoms in total. The number of imidazole rings is 1. The van der Waals surface area contributed by atoms with Crippen molar-refractivity contribution in [3.8, 4) is 11.3 Å². The van der Waals surface area contributed by atoms with E-state index in [4.69, 9.17) is 10.5 Å². The first-order valence-corrected chi connectivity index (χ1v) is 12.1. The largest absolute Gasteiger partial charge is 0.380 e. The van der Waals surface area contributed by atoms with Crippen molar-refractivity contribution in [1.82, 2.24) is 19.6 Å².